The van der Waals surface area contributed by atoms with Crippen molar-refractivity contribution in [3.8, 4) is 12.3 Å². The Bertz CT molecular complexity index is 350. The lowest BCUT2D eigenvalue weighted by molar-refractivity contribution is 0.647. The molecule has 0 fully saturated rings. The first-order valence-electron chi connectivity index (χ1n) is 4.82. The summed E-state index contributed by atoms with van der Waals surface area (Å²) in [5.74, 6) is 2.69. The Morgan fingerprint density at radius 1 is 1.50 bits per heavy atom. The fourth-order valence-electron chi connectivity index (χ4n) is 1.26. The first kappa shape index (κ1) is 10.7. The Labute approximate surface area is 85.8 Å². The van der Waals surface area contributed by atoms with Crippen molar-refractivity contribution in [3.63, 3.8) is 0 Å². The van der Waals surface area contributed by atoms with Gasteiger partial charge in [-0.05, 0) is 32.0 Å². The molecule has 1 atom stereocenters. The van der Waals surface area contributed by atoms with Crippen molar-refractivity contribution in [2.45, 2.75) is 26.8 Å². The minimum absolute atomic E-state index is 0.0701. The number of aryl methyl sites for hydroxylation is 2. The lowest BCUT2D eigenvalue weighted by Gasteiger charge is -2.12. The molecule has 0 aliphatic rings. The third-order valence-electron chi connectivity index (χ3n) is 2.24. The van der Waals surface area contributed by atoms with E-state index in [9.17, 15) is 0 Å². The van der Waals surface area contributed by atoms with E-state index in [2.05, 4.69) is 22.3 Å². The average molecular weight is 188 g/mol. The van der Waals surface area contributed by atoms with Crippen LogP contribution in [-0.2, 0) is 0 Å². The third-order valence-corrected chi connectivity index (χ3v) is 2.24. The molecule has 0 saturated heterocycles. The standard InChI is InChI=1S/C12H16N2/c1-5-11(13-6-2)12-8-7-9(3)10(4)14-12/h1,7-8,11,13H,6H2,2-4H3. The number of hydrogen-bond donors (Lipinski definition) is 1. The minimum atomic E-state index is -0.0701. The SMILES string of the molecule is C#CC(NCC)c1ccc(C)c(C)n1. The van der Waals surface area contributed by atoms with Gasteiger partial charge in [0.2, 0.25) is 0 Å². The van der Waals surface area contributed by atoms with Crippen LogP contribution in [0.2, 0.25) is 0 Å². The lowest BCUT2D eigenvalue weighted by atomic mass is 10.1. The zero-order chi connectivity index (χ0) is 10.6. The summed E-state index contributed by atoms with van der Waals surface area (Å²) < 4.78 is 0. The molecule has 1 rings (SSSR count). The van der Waals surface area contributed by atoms with Gasteiger partial charge in [-0.1, -0.05) is 18.9 Å². The summed E-state index contributed by atoms with van der Waals surface area (Å²) in [6, 6.07) is 3.97. The normalized spacial score (nSPS) is 12.1. The van der Waals surface area contributed by atoms with Crippen LogP contribution in [0.5, 0.6) is 0 Å². The second-order valence-electron chi connectivity index (χ2n) is 3.30. The summed E-state index contributed by atoms with van der Waals surface area (Å²) in [6.07, 6.45) is 5.43. The fraction of sp³-hybridized carbons (Fsp3) is 0.417. The van der Waals surface area contributed by atoms with E-state index in [-0.39, 0.29) is 6.04 Å². The second-order valence-corrected chi connectivity index (χ2v) is 3.30. The maximum atomic E-state index is 5.43. The van der Waals surface area contributed by atoms with Gasteiger partial charge in [0.05, 0.1) is 5.69 Å². The zero-order valence-corrected chi connectivity index (χ0v) is 8.96. The van der Waals surface area contributed by atoms with E-state index in [4.69, 9.17) is 6.42 Å². The predicted molar refractivity (Wildman–Crippen MR) is 59.0 cm³/mol. The quantitative estimate of drug-likeness (QED) is 0.734. The summed E-state index contributed by atoms with van der Waals surface area (Å²) >= 11 is 0. The predicted octanol–water partition coefficient (Wildman–Crippen LogP) is 1.98. The molecule has 1 N–H and O–H groups in total. The molecule has 74 valence electrons. The molecule has 1 unspecified atom stereocenters. The highest BCUT2D eigenvalue weighted by Crippen LogP contribution is 2.12. The van der Waals surface area contributed by atoms with Crippen molar-refractivity contribution < 1.29 is 0 Å². The molecule has 0 aromatic carbocycles. The summed E-state index contributed by atoms with van der Waals surface area (Å²) in [5.41, 5.74) is 3.17. The van der Waals surface area contributed by atoms with Gasteiger partial charge in [-0.25, -0.2) is 0 Å². The molecule has 0 spiro atoms. The highest BCUT2D eigenvalue weighted by molar-refractivity contribution is 5.25. The van der Waals surface area contributed by atoms with Gasteiger partial charge in [0.25, 0.3) is 0 Å². The van der Waals surface area contributed by atoms with Gasteiger partial charge in [-0.15, -0.1) is 6.42 Å². The Morgan fingerprint density at radius 3 is 2.71 bits per heavy atom. The summed E-state index contributed by atoms with van der Waals surface area (Å²) in [4.78, 5) is 4.46. The number of aromatic nitrogens is 1. The van der Waals surface area contributed by atoms with E-state index in [0.29, 0.717) is 0 Å². The van der Waals surface area contributed by atoms with Crippen molar-refractivity contribution >= 4 is 0 Å². The molecule has 0 amide bonds. The van der Waals surface area contributed by atoms with Gasteiger partial charge in [0.15, 0.2) is 0 Å². The van der Waals surface area contributed by atoms with Gasteiger partial charge in [-0.3, -0.25) is 10.3 Å². The molecule has 0 bridgehead atoms. The van der Waals surface area contributed by atoms with Crippen LogP contribution >= 0.6 is 0 Å². The van der Waals surface area contributed by atoms with Gasteiger partial charge in [-0.2, -0.15) is 0 Å². The van der Waals surface area contributed by atoms with E-state index < -0.39 is 0 Å². The van der Waals surface area contributed by atoms with Crippen molar-refractivity contribution in [2.75, 3.05) is 6.54 Å². The molecule has 1 aromatic rings. The van der Waals surface area contributed by atoms with E-state index in [1.54, 1.807) is 0 Å². The number of hydrogen-bond acceptors (Lipinski definition) is 2. The van der Waals surface area contributed by atoms with Crippen LogP contribution < -0.4 is 5.32 Å². The van der Waals surface area contributed by atoms with Crippen molar-refractivity contribution in [1.29, 1.82) is 0 Å². The third kappa shape index (κ3) is 2.34. The lowest BCUT2D eigenvalue weighted by Crippen LogP contribution is -2.20. The molecule has 0 radical (unpaired) electrons. The first-order valence-corrected chi connectivity index (χ1v) is 4.82. The smallest absolute Gasteiger partial charge is 0.111 e. The first-order chi connectivity index (χ1) is 6.69. The summed E-state index contributed by atoms with van der Waals surface area (Å²) in [7, 11) is 0. The number of rotatable bonds is 3. The van der Waals surface area contributed by atoms with Crippen LogP contribution in [0.4, 0.5) is 0 Å². The Kier molecular flexibility index (Phi) is 3.67. The average Bonchev–Trinajstić information content (AvgIpc) is 2.19. The van der Waals surface area contributed by atoms with Crippen LogP contribution in [0, 0.1) is 26.2 Å². The van der Waals surface area contributed by atoms with Crippen molar-refractivity contribution in [1.82, 2.24) is 10.3 Å². The molecule has 0 aliphatic heterocycles. The van der Waals surface area contributed by atoms with Crippen LogP contribution in [0.25, 0.3) is 0 Å². The summed E-state index contributed by atoms with van der Waals surface area (Å²) in [6.45, 7) is 6.93. The molecule has 0 aliphatic carbocycles. The molecule has 2 nitrogen and oxygen atoms in total. The largest absolute Gasteiger partial charge is 0.299 e. The topological polar surface area (TPSA) is 24.9 Å². The Balaban J connectivity index is 2.95. The van der Waals surface area contributed by atoms with E-state index in [0.717, 1.165) is 17.9 Å². The Hall–Kier alpha value is -1.33. The highest BCUT2D eigenvalue weighted by atomic mass is 14.9. The molecule has 0 saturated carbocycles. The summed E-state index contributed by atoms with van der Waals surface area (Å²) in [5, 5.41) is 3.20. The van der Waals surface area contributed by atoms with Crippen LogP contribution in [0.3, 0.4) is 0 Å². The van der Waals surface area contributed by atoms with E-state index in [1.807, 2.05) is 26.8 Å². The number of nitrogens with one attached hydrogen (secondary N) is 1. The van der Waals surface area contributed by atoms with Crippen LogP contribution in [0.15, 0.2) is 12.1 Å². The number of pyridine rings is 1. The zero-order valence-electron chi connectivity index (χ0n) is 8.96. The fourth-order valence-corrected chi connectivity index (χ4v) is 1.26. The number of terminal acetylenes is 1. The molecule has 1 heterocycles. The monoisotopic (exact) mass is 188 g/mol. The number of nitrogens with zero attached hydrogens (tertiary/aromatic N) is 1. The van der Waals surface area contributed by atoms with Gasteiger partial charge < -0.3 is 0 Å². The van der Waals surface area contributed by atoms with Crippen LogP contribution in [0.1, 0.15) is 29.9 Å². The molecule has 14 heavy (non-hydrogen) atoms. The maximum Gasteiger partial charge on any atom is 0.111 e. The maximum absolute atomic E-state index is 5.43. The Morgan fingerprint density at radius 2 is 2.21 bits per heavy atom. The van der Waals surface area contributed by atoms with Gasteiger partial charge in [0, 0.05) is 5.69 Å². The molecule has 1 aromatic heterocycles. The minimum Gasteiger partial charge on any atom is -0.299 e. The van der Waals surface area contributed by atoms with Crippen molar-refractivity contribution in [3.05, 3.63) is 29.1 Å². The molecular formula is C12H16N2. The highest BCUT2D eigenvalue weighted by Gasteiger charge is 2.08. The molecular weight excluding hydrogens is 172 g/mol. The van der Waals surface area contributed by atoms with Crippen LogP contribution in [-0.4, -0.2) is 11.5 Å². The van der Waals surface area contributed by atoms with E-state index in [1.165, 1.54) is 5.56 Å². The molecule has 2 heteroatoms. The van der Waals surface area contributed by atoms with Crippen molar-refractivity contribution in [2.24, 2.45) is 0 Å². The second kappa shape index (κ2) is 4.78. The van der Waals surface area contributed by atoms with E-state index >= 15 is 0 Å². The van der Waals surface area contributed by atoms with Gasteiger partial charge in [0.1, 0.15) is 6.04 Å². The van der Waals surface area contributed by atoms with Gasteiger partial charge >= 0.3 is 0 Å².